The van der Waals surface area contributed by atoms with E-state index in [0.29, 0.717) is 16.1 Å². The minimum absolute atomic E-state index is 0.268. The Morgan fingerprint density at radius 1 is 1.00 bits per heavy atom. The molecule has 0 fully saturated rings. The van der Waals surface area contributed by atoms with Crippen molar-refractivity contribution < 1.29 is 25.8 Å². The lowest BCUT2D eigenvalue weighted by Crippen LogP contribution is -2.41. The third-order valence-electron chi connectivity index (χ3n) is 4.13. The normalized spacial score (nSPS) is 13.1. The number of H-pyrrole nitrogens is 1. The Balaban J connectivity index is 2.31. The number of rotatable bonds is 4. The van der Waals surface area contributed by atoms with Crippen molar-refractivity contribution in [1.29, 1.82) is 0 Å². The highest BCUT2D eigenvalue weighted by molar-refractivity contribution is 7.88. The van der Waals surface area contributed by atoms with Crippen molar-refractivity contribution in [2.24, 2.45) is 0 Å². The number of hydrogen-bond acceptors (Lipinski definition) is 3. The van der Waals surface area contributed by atoms with Gasteiger partial charge in [-0.2, -0.15) is 21.6 Å². The van der Waals surface area contributed by atoms with Gasteiger partial charge in [0.05, 0.1) is 8.07 Å². The number of hydrogen-bond donors (Lipinski definition) is 1. The molecule has 0 atom stereocenters. The molecular formula is C18H18F3NO3SSi. The summed E-state index contributed by atoms with van der Waals surface area (Å²) in [4.78, 5) is 3.11. The summed E-state index contributed by atoms with van der Waals surface area (Å²) >= 11 is 0. The summed E-state index contributed by atoms with van der Waals surface area (Å²) in [5, 5.41) is 1.21. The lowest BCUT2D eigenvalue weighted by molar-refractivity contribution is -0.0499. The zero-order chi connectivity index (χ0) is 20.0. The third-order valence-corrected chi connectivity index (χ3v) is 7.09. The molecule has 0 bridgehead atoms. The van der Waals surface area contributed by atoms with E-state index < -0.39 is 23.7 Å². The molecule has 3 rings (SSSR count). The first kappa shape index (κ1) is 19.5. The highest BCUT2D eigenvalue weighted by Gasteiger charge is 2.49. The van der Waals surface area contributed by atoms with Crippen molar-refractivity contribution in [3.63, 3.8) is 0 Å². The van der Waals surface area contributed by atoms with Gasteiger partial charge < -0.3 is 9.17 Å². The van der Waals surface area contributed by atoms with E-state index in [1.165, 1.54) is 12.1 Å². The maximum Gasteiger partial charge on any atom is 0.534 e. The van der Waals surface area contributed by atoms with Crippen LogP contribution in [0.4, 0.5) is 13.2 Å². The molecule has 0 radical (unpaired) electrons. The van der Waals surface area contributed by atoms with Crippen LogP contribution < -0.4 is 9.37 Å². The molecule has 0 aliphatic rings. The number of nitrogens with one attached hydrogen (secondary N) is 1. The van der Waals surface area contributed by atoms with Gasteiger partial charge in [-0.05, 0) is 22.9 Å². The summed E-state index contributed by atoms with van der Waals surface area (Å²) in [5.41, 5.74) is -3.11. The molecule has 144 valence electrons. The average molecular weight is 413 g/mol. The monoisotopic (exact) mass is 413 g/mol. The Kier molecular flexibility index (Phi) is 4.63. The van der Waals surface area contributed by atoms with Crippen LogP contribution >= 0.6 is 0 Å². The highest BCUT2D eigenvalue weighted by Crippen LogP contribution is 2.34. The maximum atomic E-state index is 12.8. The van der Waals surface area contributed by atoms with Gasteiger partial charge in [0.15, 0.2) is 0 Å². The summed E-state index contributed by atoms with van der Waals surface area (Å²) in [6, 6.07) is 12.2. The Hall–Kier alpha value is -2.26. The Labute approximate surface area is 156 Å². The second kappa shape index (κ2) is 6.41. The van der Waals surface area contributed by atoms with Gasteiger partial charge in [-0.25, -0.2) is 0 Å². The molecule has 0 spiro atoms. The molecule has 2 aromatic carbocycles. The summed E-state index contributed by atoms with van der Waals surface area (Å²) in [7, 11) is -8.06. The summed E-state index contributed by atoms with van der Waals surface area (Å²) in [5.74, 6) is -0.268. The van der Waals surface area contributed by atoms with Crippen molar-refractivity contribution in [2.45, 2.75) is 25.1 Å². The van der Waals surface area contributed by atoms with E-state index in [1.54, 1.807) is 6.20 Å². The Morgan fingerprint density at radius 2 is 1.63 bits per heavy atom. The van der Waals surface area contributed by atoms with Crippen LogP contribution in [0.5, 0.6) is 5.75 Å². The van der Waals surface area contributed by atoms with Gasteiger partial charge in [0.25, 0.3) is 0 Å². The molecule has 0 aliphatic heterocycles. The fraction of sp³-hybridized carbons (Fsp3) is 0.222. The van der Waals surface area contributed by atoms with Crippen molar-refractivity contribution in [2.75, 3.05) is 0 Å². The molecule has 0 saturated heterocycles. The molecular weight excluding hydrogens is 395 g/mol. The SMILES string of the molecule is C[Si](C)(C)c1c(OS(=O)(=O)C(F)(F)F)ccc2[nH]cc(-c3ccccc3)c12. The van der Waals surface area contributed by atoms with Crippen molar-refractivity contribution in [3.8, 4) is 16.9 Å². The molecule has 0 aliphatic carbocycles. The molecule has 0 unspecified atom stereocenters. The van der Waals surface area contributed by atoms with Gasteiger partial charge in [0.1, 0.15) is 5.75 Å². The molecule has 1 N–H and O–H groups in total. The predicted octanol–water partition coefficient (Wildman–Crippen LogP) is 4.61. The second-order valence-electron chi connectivity index (χ2n) is 7.16. The van der Waals surface area contributed by atoms with Crippen LogP contribution in [0.15, 0.2) is 48.7 Å². The van der Waals surface area contributed by atoms with E-state index in [2.05, 4.69) is 9.17 Å². The van der Waals surface area contributed by atoms with E-state index in [1.807, 2.05) is 50.0 Å². The number of aromatic amines is 1. The number of fused-ring (bicyclic) bond motifs is 1. The van der Waals surface area contributed by atoms with Crippen LogP contribution in [0.25, 0.3) is 22.0 Å². The standard InChI is InChI=1S/C18H18F3NO3SSi/c1-27(2,3)17-15(25-26(23,24)18(19,20)21)10-9-14-16(17)13(11-22-14)12-7-5-4-6-8-12/h4-11,22H,1-3H3. The van der Waals surface area contributed by atoms with Crippen molar-refractivity contribution >= 4 is 34.3 Å². The molecule has 3 aromatic rings. The molecule has 0 amide bonds. The van der Waals surface area contributed by atoms with Gasteiger partial charge in [-0.3, -0.25) is 0 Å². The fourth-order valence-corrected chi connectivity index (χ4v) is 5.47. The number of benzene rings is 2. The summed E-state index contributed by atoms with van der Waals surface area (Å²) in [6.07, 6.45) is 1.77. The fourth-order valence-electron chi connectivity index (χ4n) is 3.03. The average Bonchev–Trinajstić information content (AvgIpc) is 2.96. The molecule has 4 nitrogen and oxygen atoms in total. The minimum atomic E-state index is -5.75. The zero-order valence-corrected chi connectivity index (χ0v) is 16.7. The predicted molar refractivity (Wildman–Crippen MR) is 102 cm³/mol. The van der Waals surface area contributed by atoms with E-state index in [4.69, 9.17) is 0 Å². The first-order chi connectivity index (χ1) is 12.4. The zero-order valence-electron chi connectivity index (χ0n) is 14.9. The molecule has 9 heteroatoms. The number of alkyl halides is 3. The lowest BCUT2D eigenvalue weighted by atomic mass is 10.0. The van der Waals surface area contributed by atoms with E-state index in [-0.39, 0.29) is 5.75 Å². The van der Waals surface area contributed by atoms with E-state index in [9.17, 15) is 21.6 Å². The van der Waals surface area contributed by atoms with Crippen LogP contribution in [0.1, 0.15) is 0 Å². The second-order valence-corrected chi connectivity index (χ2v) is 13.7. The summed E-state index contributed by atoms with van der Waals surface area (Å²) in [6.45, 7) is 5.78. The van der Waals surface area contributed by atoms with Gasteiger partial charge in [0.2, 0.25) is 0 Å². The third kappa shape index (κ3) is 3.61. The number of aromatic nitrogens is 1. The topological polar surface area (TPSA) is 59.2 Å². The van der Waals surface area contributed by atoms with Crippen LogP contribution in [0.3, 0.4) is 0 Å². The van der Waals surface area contributed by atoms with Gasteiger partial charge >= 0.3 is 15.6 Å². The smallest absolute Gasteiger partial charge is 0.376 e. The quantitative estimate of drug-likeness (QED) is 0.386. The lowest BCUT2D eigenvalue weighted by Gasteiger charge is -2.23. The number of halogens is 3. The highest BCUT2D eigenvalue weighted by atomic mass is 32.2. The molecule has 1 aromatic heterocycles. The minimum Gasteiger partial charge on any atom is -0.376 e. The maximum absolute atomic E-state index is 12.8. The largest absolute Gasteiger partial charge is 0.534 e. The summed E-state index contributed by atoms with van der Waals surface area (Å²) < 4.78 is 66.3. The van der Waals surface area contributed by atoms with E-state index >= 15 is 0 Å². The van der Waals surface area contributed by atoms with Crippen LogP contribution in [-0.4, -0.2) is 27.0 Å². The Morgan fingerprint density at radius 3 is 2.19 bits per heavy atom. The van der Waals surface area contributed by atoms with Crippen LogP contribution in [0.2, 0.25) is 19.6 Å². The van der Waals surface area contributed by atoms with Crippen LogP contribution in [-0.2, 0) is 10.1 Å². The van der Waals surface area contributed by atoms with Gasteiger partial charge in [-0.15, -0.1) is 0 Å². The van der Waals surface area contributed by atoms with E-state index in [0.717, 1.165) is 11.1 Å². The first-order valence-corrected chi connectivity index (χ1v) is 13.0. The first-order valence-electron chi connectivity index (χ1n) is 8.12. The van der Waals surface area contributed by atoms with Crippen molar-refractivity contribution in [3.05, 3.63) is 48.7 Å². The van der Waals surface area contributed by atoms with Crippen molar-refractivity contribution in [1.82, 2.24) is 4.98 Å². The van der Waals surface area contributed by atoms with Gasteiger partial charge in [-0.1, -0.05) is 50.0 Å². The Bertz CT molecular complexity index is 1080. The molecule has 27 heavy (non-hydrogen) atoms. The van der Waals surface area contributed by atoms with Gasteiger partial charge in [0, 0.05) is 22.7 Å². The molecule has 0 saturated carbocycles. The molecule has 1 heterocycles. The van der Waals surface area contributed by atoms with Crippen LogP contribution in [0, 0.1) is 0 Å².